The van der Waals surface area contributed by atoms with Gasteiger partial charge in [0.05, 0.1) is 0 Å². The minimum Gasteiger partial charge on any atom is -0.267 e. The molecule has 1 aromatic rings. The number of carbonyl (C=O) groups excluding carboxylic acids is 3. The lowest BCUT2D eigenvalue weighted by Gasteiger charge is -2.24. The predicted octanol–water partition coefficient (Wildman–Crippen LogP) is -0.158. The van der Waals surface area contributed by atoms with E-state index in [-0.39, 0.29) is 0 Å². The molecule has 1 aliphatic rings. The van der Waals surface area contributed by atoms with Crippen molar-refractivity contribution in [1.29, 1.82) is 0 Å². The number of nitrogens with zero attached hydrogens (tertiary/aromatic N) is 2. The first-order chi connectivity index (χ1) is 8.11. The van der Waals surface area contributed by atoms with Gasteiger partial charge in [-0.15, -0.1) is 0 Å². The molecule has 0 bridgehead atoms. The normalized spacial score (nSPS) is 14.3. The van der Waals surface area contributed by atoms with E-state index in [2.05, 4.69) is 0 Å². The summed E-state index contributed by atoms with van der Waals surface area (Å²) in [6.07, 6.45) is 2.11. The van der Waals surface area contributed by atoms with Crippen molar-refractivity contribution < 1.29 is 14.4 Å². The van der Waals surface area contributed by atoms with Gasteiger partial charge in [0.2, 0.25) is 0 Å². The van der Waals surface area contributed by atoms with Crippen molar-refractivity contribution in [3.63, 3.8) is 0 Å². The molecule has 0 atom stereocenters. The molecule has 6 nitrogen and oxygen atoms in total. The fraction of sp³-hybridized carbons (Fsp3) is 0. The number of benzene rings is 1. The van der Waals surface area contributed by atoms with Crippen LogP contribution in [0.3, 0.4) is 0 Å². The van der Waals surface area contributed by atoms with Crippen LogP contribution in [0.4, 0.5) is 0 Å². The van der Waals surface area contributed by atoms with Crippen LogP contribution in [0.1, 0.15) is 10.4 Å². The minimum atomic E-state index is -0.637. The Morgan fingerprint density at radius 3 is 2.12 bits per heavy atom. The summed E-state index contributed by atoms with van der Waals surface area (Å²) >= 11 is 0. The Labute approximate surface area is 96.8 Å². The van der Waals surface area contributed by atoms with Crippen LogP contribution in [0, 0.1) is 0 Å². The average Bonchev–Trinajstić information content (AvgIpc) is 2.68. The molecular formula is C11H9N3O3. The molecule has 2 N–H and O–H groups in total. The Hall–Kier alpha value is -2.47. The molecule has 0 unspecified atom stereocenters. The van der Waals surface area contributed by atoms with E-state index in [9.17, 15) is 14.4 Å². The quantitative estimate of drug-likeness (QED) is 0.332. The zero-order chi connectivity index (χ0) is 12.4. The summed E-state index contributed by atoms with van der Waals surface area (Å²) in [5.74, 6) is 3.56. The number of rotatable bonds is 2. The molecule has 0 fully saturated rings. The van der Waals surface area contributed by atoms with Gasteiger partial charge >= 0.3 is 0 Å². The maximum atomic E-state index is 11.8. The minimum absolute atomic E-state index is 0.294. The molecule has 2 rings (SSSR count). The van der Waals surface area contributed by atoms with Crippen LogP contribution in [0.5, 0.6) is 0 Å². The summed E-state index contributed by atoms with van der Waals surface area (Å²) in [5.41, 5.74) is 0.294. The van der Waals surface area contributed by atoms with Crippen molar-refractivity contribution in [1.82, 2.24) is 10.1 Å². The van der Waals surface area contributed by atoms with E-state index in [4.69, 9.17) is 5.84 Å². The molecule has 3 amide bonds. The Balaban J connectivity index is 2.22. The molecule has 0 spiro atoms. The van der Waals surface area contributed by atoms with Crippen molar-refractivity contribution in [2.45, 2.75) is 0 Å². The summed E-state index contributed by atoms with van der Waals surface area (Å²) < 4.78 is 0. The van der Waals surface area contributed by atoms with Crippen molar-refractivity contribution >= 4 is 17.7 Å². The molecule has 0 aromatic heterocycles. The third-order valence-electron chi connectivity index (χ3n) is 2.23. The van der Waals surface area contributed by atoms with Crippen LogP contribution in [-0.4, -0.2) is 27.8 Å². The number of imide groups is 1. The van der Waals surface area contributed by atoms with E-state index in [1.54, 1.807) is 30.3 Å². The molecular weight excluding hydrogens is 222 g/mol. The average molecular weight is 231 g/mol. The van der Waals surface area contributed by atoms with Crippen LogP contribution < -0.4 is 5.84 Å². The summed E-state index contributed by atoms with van der Waals surface area (Å²) in [6.45, 7) is 0. The third kappa shape index (κ3) is 1.93. The third-order valence-corrected chi connectivity index (χ3v) is 2.23. The summed E-state index contributed by atoms with van der Waals surface area (Å²) in [5, 5.41) is 1.09. The molecule has 0 aliphatic carbocycles. The lowest BCUT2D eigenvalue weighted by Crippen LogP contribution is -2.53. The lowest BCUT2D eigenvalue weighted by molar-refractivity contribution is -0.151. The molecule has 1 aliphatic heterocycles. The van der Waals surface area contributed by atoms with Crippen LogP contribution >= 0.6 is 0 Å². The van der Waals surface area contributed by atoms with Crippen LogP contribution in [0.2, 0.25) is 0 Å². The molecule has 86 valence electrons. The van der Waals surface area contributed by atoms with Gasteiger partial charge in [-0.25, -0.2) is 5.84 Å². The predicted molar refractivity (Wildman–Crippen MR) is 57.8 cm³/mol. The zero-order valence-corrected chi connectivity index (χ0v) is 8.74. The Bertz CT molecular complexity index is 492. The molecule has 0 radical (unpaired) electrons. The van der Waals surface area contributed by atoms with E-state index < -0.39 is 17.7 Å². The molecule has 0 saturated carbocycles. The largest absolute Gasteiger partial charge is 0.287 e. The second kappa shape index (κ2) is 4.18. The highest BCUT2D eigenvalue weighted by Crippen LogP contribution is 2.09. The fourth-order valence-electron chi connectivity index (χ4n) is 1.41. The summed E-state index contributed by atoms with van der Waals surface area (Å²) in [4.78, 5) is 34.5. The number of amides is 3. The number of nitrogens with two attached hydrogens (primary N) is 1. The lowest BCUT2D eigenvalue weighted by atomic mass is 10.2. The summed E-state index contributed by atoms with van der Waals surface area (Å²) in [6, 6.07) is 8.15. The van der Waals surface area contributed by atoms with Gasteiger partial charge in [0.25, 0.3) is 17.7 Å². The highest BCUT2D eigenvalue weighted by Gasteiger charge is 2.31. The monoisotopic (exact) mass is 231 g/mol. The van der Waals surface area contributed by atoms with Gasteiger partial charge in [-0.2, -0.15) is 10.1 Å². The molecule has 1 aromatic carbocycles. The van der Waals surface area contributed by atoms with Crippen LogP contribution in [0.25, 0.3) is 0 Å². The van der Waals surface area contributed by atoms with E-state index in [0.29, 0.717) is 15.7 Å². The maximum Gasteiger partial charge on any atom is 0.287 e. The molecule has 0 saturated heterocycles. The van der Waals surface area contributed by atoms with Gasteiger partial charge < -0.3 is 0 Å². The number of hydrogen-bond acceptors (Lipinski definition) is 4. The number of hydrazine groups is 2. The van der Waals surface area contributed by atoms with Crippen molar-refractivity contribution in [2.24, 2.45) is 5.84 Å². The van der Waals surface area contributed by atoms with Crippen LogP contribution in [-0.2, 0) is 9.59 Å². The Morgan fingerprint density at radius 2 is 1.59 bits per heavy atom. The maximum absolute atomic E-state index is 11.8. The smallest absolute Gasteiger partial charge is 0.267 e. The van der Waals surface area contributed by atoms with Gasteiger partial charge in [-0.3, -0.25) is 14.4 Å². The van der Waals surface area contributed by atoms with E-state index in [1.807, 2.05) is 0 Å². The summed E-state index contributed by atoms with van der Waals surface area (Å²) in [7, 11) is 0. The van der Waals surface area contributed by atoms with Gasteiger partial charge in [0.15, 0.2) is 0 Å². The molecule has 17 heavy (non-hydrogen) atoms. The van der Waals surface area contributed by atoms with Gasteiger partial charge in [-0.05, 0) is 12.1 Å². The van der Waals surface area contributed by atoms with Gasteiger partial charge in [0.1, 0.15) is 0 Å². The number of carbonyl (C=O) groups is 3. The fourth-order valence-corrected chi connectivity index (χ4v) is 1.41. The second-order valence-corrected chi connectivity index (χ2v) is 3.34. The van der Waals surface area contributed by atoms with E-state index >= 15 is 0 Å². The second-order valence-electron chi connectivity index (χ2n) is 3.34. The first-order valence-electron chi connectivity index (χ1n) is 4.81. The van der Waals surface area contributed by atoms with Crippen molar-refractivity contribution in [3.05, 3.63) is 48.0 Å². The topological polar surface area (TPSA) is 83.7 Å². The van der Waals surface area contributed by atoms with Crippen molar-refractivity contribution in [2.75, 3.05) is 0 Å². The van der Waals surface area contributed by atoms with Gasteiger partial charge in [0, 0.05) is 17.7 Å². The zero-order valence-electron chi connectivity index (χ0n) is 8.74. The SMILES string of the molecule is NN(C(=O)c1ccccc1)N1C(=O)C=CC1=O. The van der Waals surface area contributed by atoms with Crippen molar-refractivity contribution in [3.8, 4) is 0 Å². The number of hydrogen-bond donors (Lipinski definition) is 1. The highest BCUT2D eigenvalue weighted by atomic mass is 16.2. The van der Waals surface area contributed by atoms with Gasteiger partial charge in [-0.1, -0.05) is 18.2 Å². The van der Waals surface area contributed by atoms with E-state index in [1.165, 1.54) is 0 Å². The molecule has 6 heteroatoms. The van der Waals surface area contributed by atoms with E-state index in [0.717, 1.165) is 12.2 Å². The standard InChI is InChI=1S/C11H9N3O3/c12-14(13-9(15)6-7-10(13)16)11(17)8-4-2-1-3-5-8/h1-7H,12H2. The first-order valence-corrected chi connectivity index (χ1v) is 4.81. The highest BCUT2D eigenvalue weighted by molar-refractivity contribution is 6.14. The molecule has 1 heterocycles. The Morgan fingerprint density at radius 1 is 1.06 bits per heavy atom. The first kappa shape index (κ1) is 11.0. The van der Waals surface area contributed by atoms with Crippen LogP contribution in [0.15, 0.2) is 42.5 Å². The Kier molecular flexibility index (Phi) is 2.71.